The Morgan fingerprint density at radius 3 is 2.25 bits per heavy atom. The number of rotatable bonds is 2. The van der Waals surface area contributed by atoms with Crippen LogP contribution in [0.5, 0.6) is 0 Å². The van der Waals surface area contributed by atoms with Crippen LogP contribution in [0.1, 0.15) is 46.6 Å². The Morgan fingerprint density at radius 1 is 1.20 bits per heavy atom. The maximum absolute atomic E-state index is 12.9. The minimum Gasteiger partial charge on any atom is -0.399 e. The highest BCUT2D eigenvalue weighted by Crippen LogP contribution is 2.45. The summed E-state index contributed by atoms with van der Waals surface area (Å²) in [6.45, 7) is 7.90. The molecular formula is C13H19BF2N2O2. The zero-order chi connectivity index (χ0) is 14.8. The summed E-state index contributed by atoms with van der Waals surface area (Å²) in [5.41, 5.74) is -0.0501. The van der Waals surface area contributed by atoms with Crippen molar-refractivity contribution in [2.45, 2.75) is 63.7 Å². The van der Waals surface area contributed by atoms with Gasteiger partial charge in [-0.25, -0.2) is 8.78 Å². The van der Waals surface area contributed by atoms with Gasteiger partial charge in [0.1, 0.15) is 0 Å². The molecule has 0 N–H and O–H groups in total. The molecule has 1 aliphatic carbocycles. The fourth-order valence-electron chi connectivity index (χ4n) is 2.47. The molecule has 0 bridgehead atoms. The van der Waals surface area contributed by atoms with E-state index in [4.69, 9.17) is 9.31 Å². The normalized spacial score (nSPS) is 27.6. The van der Waals surface area contributed by atoms with Gasteiger partial charge in [0.15, 0.2) is 0 Å². The van der Waals surface area contributed by atoms with E-state index in [1.807, 2.05) is 27.7 Å². The first-order valence-electron chi connectivity index (χ1n) is 6.87. The maximum Gasteiger partial charge on any atom is 0.498 e. The molecule has 0 spiro atoms. The van der Waals surface area contributed by atoms with Gasteiger partial charge in [0, 0.05) is 30.7 Å². The van der Waals surface area contributed by atoms with Gasteiger partial charge in [-0.15, -0.1) is 0 Å². The largest absolute Gasteiger partial charge is 0.498 e. The molecule has 2 aliphatic rings. The van der Waals surface area contributed by atoms with E-state index in [9.17, 15) is 8.78 Å². The molecule has 0 atom stereocenters. The minimum absolute atomic E-state index is 0.141. The van der Waals surface area contributed by atoms with Crippen molar-refractivity contribution in [2.24, 2.45) is 0 Å². The van der Waals surface area contributed by atoms with E-state index in [1.54, 1.807) is 17.1 Å². The first-order valence-corrected chi connectivity index (χ1v) is 6.87. The molecule has 0 amide bonds. The molecule has 110 valence electrons. The number of halogens is 2. The van der Waals surface area contributed by atoms with Crippen LogP contribution in [-0.4, -0.2) is 34.0 Å². The average molecular weight is 284 g/mol. The van der Waals surface area contributed by atoms with E-state index in [0.29, 0.717) is 0 Å². The van der Waals surface area contributed by atoms with Crippen molar-refractivity contribution in [1.29, 1.82) is 0 Å². The predicted molar refractivity (Wildman–Crippen MR) is 71.2 cm³/mol. The molecule has 2 heterocycles. The monoisotopic (exact) mass is 284 g/mol. The Bertz CT molecular complexity index is 506. The summed E-state index contributed by atoms with van der Waals surface area (Å²) >= 11 is 0. The number of aromatic nitrogens is 2. The Morgan fingerprint density at radius 2 is 1.75 bits per heavy atom. The summed E-state index contributed by atoms with van der Waals surface area (Å²) in [6, 6.07) is -0.221. The van der Waals surface area contributed by atoms with E-state index >= 15 is 0 Å². The number of alkyl halides is 2. The summed E-state index contributed by atoms with van der Waals surface area (Å²) in [4.78, 5) is 0. The van der Waals surface area contributed by atoms with Gasteiger partial charge in [0.2, 0.25) is 0 Å². The first-order chi connectivity index (χ1) is 9.10. The molecule has 2 fully saturated rings. The van der Waals surface area contributed by atoms with E-state index in [2.05, 4.69) is 5.10 Å². The number of hydrogen-bond donors (Lipinski definition) is 0. The molecule has 0 unspecified atom stereocenters. The van der Waals surface area contributed by atoms with Crippen molar-refractivity contribution in [3.05, 3.63) is 12.4 Å². The second-order valence-electron chi connectivity index (χ2n) is 6.76. The second-order valence-corrected chi connectivity index (χ2v) is 6.76. The third kappa shape index (κ3) is 2.17. The summed E-state index contributed by atoms with van der Waals surface area (Å²) in [5, 5.41) is 4.17. The lowest BCUT2D eigenvalue weighted by Crippen LogP contribution is -2.41. The summed E-state index contributed by atoms with van der Waals surface area (Å²) < 4.78 is 39.2. The van der Waals surface area contributed by atoms with Crippen LogP contribution in [-0.2, 0) is 9.31 Å². The van der Waals surface area contributed by atoms with Crippen LogP contribution in [0.4, 0.5) is 8.78 Å². The maximum atomic E-state index is 12.9. The highest BCUT2D eigenvalue weighted by molar-refractivity contribution is 6.61. The van der Waals surface area contributed by atoms with Crippen LogP contribution < -0.4 is 5.46 Å². The molecule has 1 saturated heterocycles. The van der Waals surface area contributed by atoms with Crippen LogP contribution in [0.3, 0.4) is 0 Å². The summed E-state index contributed by atoms with van der Waals surface area (Å²) in [7, 11) is -0.491. The predicted octanol–water partition coefficient (Wildman–Crippen LogP) is 2.15. The van der Waals surface area contributed by atoms with E-state index in [1.165, 1.54) is 0 Å². The standard InChI is InChI=1S/C13H19BF2N2O2/c1-11(2)12(3,4)20-14(19-11)9-7-17-18(8-9)10-5-13(15,16)6-10/h7-8,10H,5-6H2,1-4H3. The zero-order valence-electron chi connectivity index (χ0n) is 12.2. The van der Waals surface area contributed by atoms with Crippen LogP contribution in [0.2, 0.25) is 0 Å². The Labute approximate surface area is 117 Å². The molecule has 7 heteroatoms. The molecule has 4 nitrogen and oxygen atoms in total. The molecule has 1 aromatic heterocycles. The number of hydrogen-bond acceptors (Lipinski definition) is 3. The fraction of sp³-hybridized carbons (Fsp3) is 0.769. The topological polar surface area (TPSA) is 36.3 Å². The molecule has 20 heavy (non-hydrogen) atoms. The van der Waals surface area contributed by atoms with E-state index in [-0.39, 0.29) is 18.9 Å². The van der Waals surface area contributed by atoms with Crippen LogP contribution in [0.15, 0.2) is 12.4 Å². The molecule has 1 saturated carbocycles. The van der Waals surface area contributed by atoms with Crippen molar-refractivity contribution in [1.82, 2.24) is 9.78 Å². The SMILES string of the molecule is CC1(C)OB(c2cnn(C3CC(F)(F)C3)c2)OC1(C)C. The molecule has 0 aromatic carbocycles. The van der Waals surface area contributed by atoms with E-state index in [0.717, 1.165) is 5.46 Å². The Hall–Kier alpha value is -0.945. The highest BCUT2D eigenvalue weighted by Gasteiger charge is 2.52. The minimum atomic E-state index is -2.54. The summed E-state index contributed by atoms with van der Waals surface area (Å²) in [6.07, 6.45) is 3.11. The zero-order valence-corrected chi connectivity index (χ0v) is 12.2. The third-order valence-corrected chi connectivity index (χ3v) is 4.59. The lowest BCUT2D eigenvalue weighted by atomic mass is 9.81. The molecule has 0 radical (unpaired) electrons. The van der Waals surface area contributed by atoms with Crippen LogP contribution in [0.25, 0.3) is 0 Å². The highest BCUT2D eigenvalue weighted by atomic mass is 19.3. The van der Waals surface area contributed by atoms with Gasteiger partial charge in [-0.05, 0) is 27.7 Å². The lowest BCUT2D eigenvalue weighted by Gasteiger charge is -2.34. The van der Waals surface area contributed by atoms with Crippen LogP contribution >= 0.6 is 0 Å². The van der Waals surface area contributed by atoms with Crippen LogP contribution in [0, 0.1) is 0 Å². The van der Waals surface area contributed by atoms with Crippen molar-refractivity contribution < 1.29 is 18.1 Å². The van der Waals surface area contributed by atoms with Gasteiger partial charge in [0.25, 0.3) is 5.92 Å². The van der Waals surface area contributed by atoms with Gasteiger partial charge >= 0.3 is 7.12 Å². The molecule has 1 aliphatic heterocycles. The molecular weight excluding hydrogens is 265 g/mol. The average Bonchev–Trinajstić information content (AvgIpc) is 2.79. The Kier molecular flexibility index (Phi) is 2.83. The van der Waals surface area contributed by atoms with E-state index < -0.39 is 24.2 Å². The fourth-order valence-corrected chi connectivity index (χ4v) is 2.47. The van der Waals surface area contributed by atoms with Crippen molar-refractivity contribution in [3.63, 3.8) is 0 Å². The third-order valence-electron chi connectivity index (χ3n) is 4.59. The van der Waals surface area contributed by atoms with Crippen molar-refractivity contribution in [2.75, 3.05) is 0 Å². The number of nitrogens with zero attached hydrogens (tertiary/aromatic N) is 2. The Balaban J connectivity index is 1.73. The van der Waals surface area contributed by atoms with Gasteiger partial charge in [0.05, 0.1) is 17.2 Å². The second kappa shape index (κ2) is 4.04. The van der Waals surface area contributed by atoms with Gasteiger partial charge < -0.3 is 9.31 Å². The van der Waals surface area contributed by atoms with Crippen molar-refractivity contribution >= 4 is 12.6 Å². The van der Waals surface area contributed by atoms with Crippen molar-refractivity contribution in [3.8, 4) is 0 Å². The van der Waals surface area contributed by atoms with Gasteiger partial charge in [-0.2, -0.15) is 5.10 Å². The van der Waals surface area contributed by atoms with Gasteiger partial charge in [-0.3, -0.25) is 4.68 Å². The van der Waals surface area contributed by atoms with Gasteiger partial charge in [-0.1, -0.05) is 0 Å². The first kappa shape index (κ1) is 14.0. The smallest absolute Gasteiger partial charge is 0.399 e. The molecule has 3 rings (SSSR count). The molecule has 1 aromatic rings. The lowest BCUT2D eigenvalue weighted by molar-refractivity contribution is -0.106. The summed E-state index contributed by atoms with van der Waals surface area (Å²) in [5.74, 6) is -2.54. The quantitative estimate of drug-likeness (QED) is 0.781.